The van der Waals surface area contributed by atoms with Gasteiger partial charge in [-0.1, -0.05) is 6.42 Å². The summed E-state index contributed by atoms with van der Waals surface area (Å²) in [7, 11) is 3.84. The minimum absolute atomic E-state index is 0.317. The SMILES string of the molecule is COCCN(C)CCNC1CCCC1CNC(=O)OC(C)(C)C. The van der Waals surface area contributed by atoms with Gasteiger partial charge < -0.3 is 25.0 Å². The number of methoxy groups -OCH3 is 1. The van der Waals surface area contributed by atoms with Gasteiger partial charge in [-0.25, -0.2) is 4.79 Å². The van der Waals surface area contributed by atoms with Crippen LogP contribution in [0, 0.1) is 5.92 Å². The number of carbonyl (C=O) groups excluding carboxylic acids is 1. The van der Waals surface area contributed by atoms with E-state index in [4.69, 9.17) is 9.47 Å². The fourth-order valence-corrected chi connectivity index (χ4v) is 2.88. The van der Waals surface area contributed by atoms with E-state index in [1.165, 1.54) is 12.8 Å². The van der Waals surface area contributed by atoms with Crippen LogP contribution in [0.4, 0.5) is 4.79 Å². The summed E-state index contributed by atoms with van der Waals surface area (Å²) in [5.74, 6) is 0.492. The van der Waals surface area contributed by atoms with Crippen LogP contribution >= 0.6 is 0 Å². The van der Waals surface area contributed by atoms with Crippen molar-refractivity contribution in [2.24, 2.45) is 5.92 Å². The van der Waals surface area contributed by atoms with Crippen molar-refractivity contribution in [3.63, 3.8) is 0 Å². The quantitative estimate of drug-likeness (QED) is 0.676. The largest absolute Gasteiger partial charge is 0.444 e. The third-order valence-corrected chi connectivity index (χ3v) is 4.14. The molecule has 1 aliphatic carbocycles. The molecule has 136 valence electrons. The normalized spacial score (nSPS) is 21.7. The zero-order valence-electron chi connectivity index (χ0n) is 15.5. The van der Waals surface area contributed by atoms with Gasteiger partial charge in [0, 0.05) is 39.3 Å². The predicted molar refractivity (Wildman–Crippen MR) is 92.7 cm³/mol. The number of hydrogen-bond acceptors (Lipinski definition) is 5. The maximum atomic E-state index is 11.8. The molecule has 2 unspecified atom stereocenters. The van der Waals surface area contributed by atoms with Crippen LogP contribution in [0.15, 0.2) is 0 Å². The molecule has 0 heterocycles. The number of alkyl carbamates (subject to hydrolysis) is 1. The number of hydrogen-bond donors (Lipinski definition) is 2. The van der Waals surface area contributed by atoms with E-state index in [0.29, 0.717) is 18.5 Å². The number of amides is 1. The molecule has 1 saturated carbocycles. The molecule has 2 atom stereocenters. The minimum Gasteiger partial charge on any atom is -0.444 e. The van der Waals surface area contributed by atoms with Gasteiger partial charge in [0.2, 0.25) is 0 Å². The van der Waals surface area contributed by atoms with E-state index in [-0.39, 0.29) is 6.09 Å². The lowest BCUT2D eigenvalue weighted by Gasteiger charge is -2.24. The first kappa shape index (κ1) is 20.2. The molecule has 1 aliphatic rings. The molecule has 1 rings (SSSR count). The fourth-order valence-electron chi connectivity index (χ4n) is 2.88. The van der Waals surface area contributed by atoms with Crippen LogP contribution in [0.5, 0.6) is 0 Å². The zero-order chi connectivity index (χ0) is 17.3. The lowest BCUT2D eigenvalue weighted by molar-refractivity contribution is 0.0517. The zero-order valence-corrected chi connectivity index (χ0v) is 15.5. The molecule has 0 spiro atoms. The summed E-state index contributed by atoms with van der Waals surface area (Å²) in [5.41, 5.74) is -0.440. The number of nitrogens with zero attached hydrogens (tertiary/aromatic N) is 1. The van der Waals surface area contributed by atoms with E-state index in [2.05, 4.69) is 22.6 Å². The van der Waals surface area contributed by atoms with E-state index in [1.807, 2.05) is 20.8 Å². The monoisotopic (exact) mass is 329 g/mol. The molecular weight excluding hydrogens is 294 g/mol. The first-order valence-corrected chi connectivity index (χ1v) is 8.69. The molecule has 2 N–H and O–H groups in total. The third-order valence-electron chi connectivity index (χ3n) is 4.14. The molecule has 0 radical (unpaired) electrons. The van der Waals surface area contributed by atoms with Gasteiger partial charge in [-0.2, -0.15) is 0 Å². The van der Waals surface area contributed by atoms with Gasteiger partial charge in [-0.05, 0) is 46.6 Å². The molecule has 1 fully saturated rings. The van der Waals surface area contributed by atoms with Gasteiger partial charge in [-0.15, -0.1) is 0 Å². The molecule has 6 nitrogen and oxygen atoms in total. The molecule has 1 amide bonds. The number of rotatable bonds is 9. The Balaban J connectivity index is 2.22. The predicted octanol–water partition coefficient (Wildman–Crippen LogP) is 1.85. The summed E-state index contributed by atoms with van der Waals surface area (Å²) in [6.45, 7) is 10.0. The molecule has 23 heavy (non-hydrogen) atoms. The van der Waals surface area contributed by atoms with Gasteiger partial charge in [0.25, 0.3) is 0 Å². The highest BCUT2D eigenvalue weighted by Crippen LogP contribution is 2.25. The van der Waals surface area contributed by atoms with E-state index in [0.717, 1.165) is 32.7 Å². The van der Waals surface area contributed by atoms with Crippen LogP contribution in [0.2, 0.25) is 0 Å². The molecule has 0 bridgehead atoms. The number of likely N-dealkylation sites (N-methyl/N-ethyl adjacent to an activating group) is 1. The van der Waals surface area contributed by atoms with Crippen molar-refractivity contribution in [1.29, 1.82) is 0 Å². The van der Waals surface area contributed by atoms with E-state index in [1.54, 1.807) is 7.11 Å². The Morgan fingerprint density at radius 2 is 2.00 bits per heavy atom. The molecule has 0 aliphatic heterocycles. The van der Waals surface area contributed by atoms with E-state index < -0.39 is 5.60 Å². The van der Waals surface area contributed by atoms with Crippen LogP contribution in [0.25, 0.3) is 0 Å². The average Bonchev–Trinajstić information content (AvgIpc) is 2.88. The van der Waals surface area contributed by atoms with Crippen molar-refractivity contribution in [1.82, 2.24) is 15.5 Å². The summed E-state index contributed by atoms with van der Waals surface area (Å²) in [5, 5.41) is 6.55. The highest BCUT2D eigenvalue weighted by atomic mass is 16.6. The summed E-state index contributed by atoms with van der Waals surface area (Å²) in [4.78, 5) is 14.0. The van der Waals surface area contributed by atoms with Crippen molar-refractivity contribution in [3.8, 4) is 0 Å². The third kappa shape index (κ3) is 9.13. The maximum Gasteiger partial charge on any atom is 0.407 e. The topological polar surface area (TPSA) is 62.8 Å². The van der Waals surface area contributed by atoms with Crippen LogP contribution < -0.4 is 10.6 Å². The molecular formula is C17H35N3O3. The Morgan fingerprint density at radius 3 is 2.65 bits per heavy atom. The Hall–Kier alpha value is -0.850. The highest BCUT2D eigenvalue weighted by molar-refractivity contribution is 5.67. The summed E-state index contributed by atoms with van der Waals surface area (Å²) >= 11 is 0. The van der Waals surface area contributed by atoms with E-state index >= 15 is 0 Å². The van der Waals surface area contributed by atoms with Gasteiger partial charge >= 0.3 is 6.09 Å². The molecule has 0 aromatic carbocycles. The Labute approximate surface area is 141 Å². The van der Waals surface area contributed by atoms with Gasteiger partial charge in [0.15, 0.2) is 0 Å². The summed E-state index contributed by atoms with van der Waals surface area (Å²) in [6, 6.07) is 0.487. The van der Waals surface area contributed by atoms with Crippen molar-refractivity contribution in [2.75, 3.05) is 46.9 Å². The summed E-state index contributed by atoms with van der Waals surface area (Å²) < 4.78 is 10.4. The number of carbonyl (C=O) groups is 1. The smallest absolute Gasteiger partial charge is 0.407 e. The van der Waals surface area contributed by atoms with Gasteiger partial charge in [0.1, 0.15) is 5.60 Å². The Kier molecular flexibility index (Phi) is 8.87. The molecule has 0 aromatic rings. The maximum absolute atomic E-state index is 11.8. The number of nitrogens with one attached hydrogen (secondary N) is 2. The summed E-state index contributed by atoms with van der Waals surface area (Å²) in [6.07, 6.45) is 3.25. The molecule has 0 saturated heterocycles. The van der Waals surface area contributed by atoms with Gasteiger partial charge in [-0.3, -0.25) is 0 Å². The number of ether oxygens (including phenoxy) is 2. The lowest BCUT2D eigenvalue weighted by atomic mass is 10.0. The van der Waals surface area contributed by atoms with Crippen molar-refractivity contribution in [2.45, 2.75) is 51.7 Å². The van der Waals surface area contributed by atoms with Crippen molar-refractivity contribution < 1.29 is 14.3 Å². The first-order valence-electron chi connectivity index (χ1n) is 8.69. The van der Waals surface area contributed by atoms with Gasteiger partial charge in [0.05, 0.1) is 6.61 Å². The molecule has 6 heteroatoms. The highest BCUT2D eigenvalue weighted by Gasteiger charge is 2.27. The lowest BCUT2D eigenvalue weighted by Crippen LogP contribution is -2.43. The fraction of sp³-hybridized carbons (Fsp3) is 0.941. The Morgan fingerprint density at radius 1 is 1.26 bits per heavy atom. The van der Waals surface area contributed by atoms with Crippen LogP contribution in [0.3, 0.4) is 0 Å². The molecule has 0 aromatic heterocycles. The van der Waals surface area contributed by atoms with Crippen molar-refractivity contribution >= 4 is 6.09 Å². The van der Waals surface area contributed by atoms with Crippen LogP contribution in [-0.2, 0) is 9.47 Å². The van der Waals surface area contributed by atoms with Crippen molar-refractivity contribution in [3.05, 3.63) is 0 Å². The van der Waals surface area contributed by atoms with Crippen LogP contribution in [-0.4, -0.2) is 69.6 Å². The average molecular weight is 329 g/mol. The second-order valence-electron chi connectivity index (χ2n) is 7.43. The van der Waals surface area contributed by atoms with E-state index in [9.17, 15) is 4.79 Å². The second-order valence-corrected chi connectivity index (χ2v) is 7.43. The standard InChI is InChI=1S/C17H35N3O3/c1-17(2,3)23-16(21)19-13-14-7-6-8-15(14)18-9-10-20(4)11-12-22-5/h14-15,18H,6-13H2,1-5H3,(H,19,21). The Bertz CT molecular complexity index is 344. The first-order chi connectivity index (χ1) is 10.8. The second kappa shape index (κ2) is 10.1. The van der Waals surface area contributed by atoms with Crippen LogP contribution in [0.1, 0.15) is 40.0 Å². The minimum atomic E-state index is -0.440.